The van der Waals surface area contributed by atoms with Crippen LogP contribution in [0.1, 0.15) is 30.9 Å². The van der Waals surface area contributed by atoms with Gasteiger partial charge in [-0.25, -0.2) is 0 Å². The van der Waals surface area contributed by atoms with Crippen LogP contribution in [0.25, 0.3) is 0 Å². The fraction of sp³-hybridized carbons (Fsp3) is 0.500. The number of rotatable bonds is 4. The summed E-state index contributed by atoms with van der Waals surface area (Å²) in [6.45, 7) is 6.73. The summed E-state index contributed by atoms with van der Waals surface area (Å²) in [5, 5.41) is 10.4. The first-order valence-electron chi connectivity index (χ1n) is 5.09. The Morgan fingerprint density at radius 3 is 2.60 bits per heavy atom. The summed E-state index contributed by atoms with van der Waals surface area (Å²) in [4.78, 5) is 0. The second-order valence-electron chi connectivity index (χ2n) is 3.82. The van der Waals surface area contributed by atoms with Crippen molar-refractivity contribution in [1.29, 1.82) is 0 Å². The fourth-order valence-electron chi connectivity index (χ4n) is 1.49. The average molecular weight is 273 g/mol. The van der Waals surface area contributed by atoms with Gasteiger partial charge in [0.15, 0.2) is 0 Å². The van der Waals surface area contributed by atoms with Crippen molar-refractivity contribution >= 4 is 15.9 Å². The minimum atomic E-state index is 0.295. The molecule has 0 aliphatic heterocycles. The molecular weight excluding hydrogens is 256 g/mol. The Kier molecular flexibility index (Phi) is 4.45. The Balaban J connectivity index is 3.10. The first-order chi connectivity index (χ1) is 7.07. The van der Waals surface area contributed by atoms with E-state index in [0.29, 0.717) is 18.3 Å². The molecule has 0 aromatic heterocycles. The zero-order valence-electron chi connectivity index (χ0n) is 9.38. The van der Waals surface area contributed by atoms with E-state index in [-0.39, 0.29) is 0 Å². The average Bonchev–Trinajstić information content (AvgIpc) is 2.19. The minimum absolute atomic E-state index is 0.295. The number of phenolic OH excluding ortho intramolecular Hbond substituents is 1. The van der Waals surface area contributed by atoms with E-state index in [1.54, 1.807) is 6.07 Å². The van der Waals surface area contributed by atoms with Crippen molar-refractivity contribution < 1.29 is 9.84 Å². The third-order valence-corrected chi connectivity index (χ3v) is 2.68. The van der Waals surface area contributed by atoms with Gasteiger partial charge in [-0.3, -0.25) is 0 Å². The van der Waals surface area contributed by atoms with Gasteiger partial charge in [-0.05, 0) is 24.5 Å². The topological polar surface area (TPSA) is 29.5 Å². The molecule has 1 aromatic rings. The van der Waals surface area contributed by atoms with Gasteiger partial charge in [0.1, 0.15) is 11.5 Å². The summed E-state index contributed by atoms with van der Waals surface area (Å²) in [6.07, 6.45) is 0. The molecule has 0 saturated heterocycles. The van der Waals surface area contributed by atoms with E-state index < -0.39 is 0 Å². The van der Waals surface area contributed by atoms with Crippen molar-refractivity contribution in [2.45, 2.75) is 26.7 Å². The minimum Gasteiger partial charge on any atom is -0.508 e. The molecule has 15 heavy (non-hydrogen) atoms. The molecule has 0 aliphatic carbocycles. The highest BCUT2D eigenvalue weighted by Gasteiger charge is 2.13. The lowest BCUT2D eigenvalue weighted by Crippen LogP contribution is -2.03. The van der Waals surface area contributed by atoms with Crippen molar-refractivity contribution in [3.63, 3.8) is 0 Å². The molecule has 0 heterocycles. The molecule has 84 valence electrons. The lowest BCUT2D eigenvalue weighted by atomic mass is 9.99. The zero-order valence-corrected chi connectivity index (χ0v) is 11.0. The van der Waals surface area contributed by atoms with Crippen LogP contribution in [0, 0.1) is 6.92 Å². The van der Waals surface area contributed by atoms with Gasteiger partial charge in [0.05, 0.1) is 6.61 Å². The maximum Gasteiger partial charge on any atom is 0.129 e. The van der Waals surface area contributed by atoms with Crippen molar-refractivity contribution in [2.24, 2.45) is 0 Å². The Morgan fingerprint density at radius 2 is 2.07 bits per heavy atom. The Morgan fingerprint density at radius 1 is 1.40 bits per heavy atom. The number of alkyl halides is 1. The van der Waals surface area contributed by atoms with Gasteiger partial charge in [0.2, 0.25) is 0 Å². The van der Waals surface area contributed by atoms with E-state index >= 15 is 0 Å². The third kappa shape index (κ3) is 2.88. The van der Waals surface area contributed by atoms with E-state index in [1.165, 1.54) is 0 Å². The van der Waals surface area contributed by atoms with Crippen LogP contribution in [0.15, 0.2) is 12.1 Å². The molecule has 1 rings (SSSR count). The molecule has 0 radical (unpaired) electrons. The summed E-state index contributed by atoms with van der Waals surface area (Å²) in [5.41, 5.74) is 1.97. The maximum atomic E-state index is 9.61. The first kappa shape index (κ1) is 12.4. The van der Waals surface area contributed by atoms with Crippen LogP contribution in [0.5, 0.6) is 11.5 Å². The number of halogens is 1. The van der Waals surface area contributed by atoms with Crippen LogP contribution < -0.4 is 4.74 Å². The van der Waals surface area contributed by atoms with Gasteiger partial charge in [-0.2, -0.15) is 0 Å². The lowest BCUT2D eigenvalue weighted by Gasteiger charge is -2.16. The number of aromatic hydroxyl groups is 1. The molecule has 3 heteroatoms. The highest BCUT2D eigenvalue weighted by Crippen LogP contribution is 2.34. The molecule has 0 amide bonds. The van der Waals surface area contributed by atoms with E-state index in [2.05, 4.69) is 29.8 Å². The molecule has 0 atom stereocenters. The molecule has 1 aromatic carbocycles. The van der Waals surface area contributed by atoms with Crippen molar-refractivity contribution in [3.05, 3.63) is 23.3 Å². The van der Waals surface area contributed by atoms with E-state index in [1.807, 2.05) is 13.0 Å². The van der Waals surface area contributed by atoms with Crippen LogP contribution in [-0.4, -0.2) is 17.0 Å². The quantitative estimate of drug-likeness (QED) is 0.849. The van der Waals surface area contributed by atoms with Crippen molar-refractivity contribution in [3.8, 4) is 11.5 Å². The summed E-state index contributed by atoms with van der Waals surface area (Å²) >= 11 is 3.32. The van der Waals surface area contributed by atoms with Gasteiger partial charge < -0.3 is 9.84 Å². The van der Waals surface area contributed by atoms with Gasteiger partial charge in [-0.15, -0.1) is 0 Å². The van der Waals surface area contributed by atoms with E-state index in [9.17, 15) is 5.11 Å². The normalized spacial score (nSPS) is 10.7. The molecule has 0 spiro atoms. The Labute approximate surface area is 99.4 Å². The number of benzene rings is 1. The molecule has 0 fully saturated rings. The smallest absolute Gasteiger partial charge is 0.129 e. The van der Waals surface area contributed by atoms with Gasteiger partial charge in [-0.1, -0.05) is 35.8 Å². The Hall–Kier alpha value is -0.700. The monoisotopic (exact) mass is 272 g/mol. The zero-order chi connectivity index (χ0) is 11.4. The second kappa shape index (κ2) is 5.40. The maximum absolute atomic E-state index is 9.61. The van der Waals surface area contributed by atoms with Crippen LogP contribution in [0.3, 0.4) is 0 Å². The molecule has 0 unspecified atom stereocenters. The predicted molar refractivity (Wildman–Crippen MR) is 66.2 cm³/mol. The van der Waals surface area contributed by atoms with E-state index in [4.69, 9.17) is 4.74 Å². The molecule has 0 saturated carbocycles. The molecular formula is C12H17BrO2. The highest BCUT2D eigenvalue weighted by molar-refractivity contribution is 9.09. The highest BCUT2D eigenvalue weighted by atomic mass is 79.9. The number of hydrogen-bond donors (Lipinski definition) is 1. The van der Waals surface area contributed by atoms with E-state index in [0.717, 1.165) is 22.2 Å². The lowest BCUT2D eigenvalue weighted by molar-refractivity contribution is 0.334. The van der Waals surface area contributed by atoms with Crippen LogP contribution in [0.4, 0.5) is 0 Å². The van der Waals surface area contributed by atoms with Crippen molar-refractivity contribution in [2.75, 3.05) is 11.9 Å². The fourth-order valence-corrected chi connectivity index (χ4v) is 1.65. The standard InChI is InChI=1S/C12H17BrO2/c1-8(2)10-4-5-11(14)9(3)12(10)15-7-6-13/h4-5,8,14H,6-7H2,1-3H3. The van der Waals surface area contributed by atoms with Gasteiger partial charge in [0, 0.05) is 10.9 Å². The number of phenols is 1. The number of hydrogen-bond acceptors (Lipinski definition) is 2. The summed E-state index contributed by atoms with van der Waals surface area (Å²) in [6, 6.07) is 3.65. The van der Waals surface area contributed by atoms with Crippen molar-refractivity contribution in [1.82, 2.24) is 0 Å². The number of ether oxygens (including phenoxy) is 1. The summed E-state index contributed by atoms with van der Waals surface area (Å²) in [5.74, 6) is 1.52. The molecule has 0 aliphatic rings. The predicted octanol–water partition coefficient (Wildman–Crippen LogP) is 3.60. The summed E-state index contributed by atoms with van der Waals surface area (Å²) in [7, 11) is 0. The second-order valence-corrected chi connectivity index (χ2v) is 4.61. The van der Waals surface area contributed by atoms with Gasteiger partial charge in [0.25, 0.3) is 0 Å². The SMILES string of the molecule is Cc1c(O)ccc(C(C)C)c1OCCBr. The van der Waals surface area contributed by atoms with Crippen LogP contribution in [-0.2, 0) is 0 Å². The van der Waals surface area contributed by atoms with Crippen LogP contribution in [0.2, 0.25) is 0 Å². The third-order valence-electron chi connectivity index (χ3n) is 2.35. The molecule has 2 nitrogen and oxygen atoms in total. The molecule has 1 N–H and O–H groups in total. The Bertz CT molecular complexity index is 335. The largest absolute Gasteiger partial charge is 0.508 e. The van der Waals surface area contributed by atoms with Crippen LogP contribution >= 0.6 is 15.9 Å². The first-order valence-corrected chi connectivity index (χ1v) is 6.21. The molecule has 0 bridgehead atoms. The van der Waals surface area contributed by atoms with Gasteiger partial charge >= 0.3 is 0 Å². The summed E-state index contributed by atoms with van der Waals surface area (Å²) < 4.78 is 5.65.